The van der Waals surface area contributed by atoms with E-state index in [1.165, 1.54) is 19.3 Å². The Morgan fingerprint density at radius 3 is 2.68 bits per heavy atom. The third-order valence-corrected chi connectivity index (χ3v) is 5.28. The molecular formula is C16H29N5O. The Morgan fingerprint density at radius 1 is 1.23 bits per heavy atom. The maximum Gasteiger partial charge on any atom is 0.345 e. The van der Waals surface area contributed by atoms with E-state index in [0.29, 0.717) is 12.0 Å². The minimum atomic E-state index is 0.0787. The molecule has 6 heteroatoms. The van der Waals surface area contributed by atoms with Crippen molar-refractivity contribution in [2.75, 3.05) is 26.7 Å². The van der Waals surface area contributed by atoms with Gasteiger partial charge in [0, 0.05) is 18.5 Å². The van der Waals surface area contributed by atoms with Crippen molar-refractivity contribution in [2.24, 2.45) is 0 Å². The van der Waals surface area contributed by atoms with Crippen LogP contribution in [0.2, 0.25) is 0 Å². The Hall–Kier alpha value is -1.14. The number of nitrogens with one attached hydrogen (secondary N) is 1. The van der Waals surface area contributed by atoms with E-state index in [4.69, 9.17) is 5.10 Å². The summed E-state index contributed by atoms with van der Waals surface area (Å²) < 4.78 is 3.62. The molecule has 0 radical (unpaired) electrons. The Kier molecular flexibility index (Phi) is 4.98. The molecule has 2 aliphatic rings. The van der Waals surface area contributed by atoms with Gasteiger partial charge in [0.25, 0.3) is 0 Å². The van der Waals surface area contributed by atoms with Gasteiger partial charge in [-0.05, 0) is 59.3 Å². The molecule has 0 amide bonds. The van der Waals surface area contributed by atoms with Crippen molar-refractivity contribution in [2.45, 2.75) is 64.1 Å². The van der Waals surface area contributed by atoms with E-state index in [2.05, 4.69) is 17.3 Å². The molecule has 2 saturated heterocycles. The number of hydrogen-bond acceptors (Lipinski definition) is 4. The summed E-state index contributed by atoms with van der Waals surface area (Å²) in [6.07, 6.45) is 5.87. The highest BCUT2D eigenvalue weighted by Gasteiger charge is 2.25. The smallest absolute Gasteiger partial charge is 0.317 e. The Labute approximate surface area is 132 Å². The number of hydrogen-bond donors (Lipinski definition) is 1. The van der Waals surface area contributed by atoms with Gasteiger partial charge in [0.05, 0.1) is 6.54 Å². The largest absolute Gasteiger partial charge is 0.345 e. The molecule has 1 aromatic rings. The SMILES string of the molecule is CCn1c(C2CCNCC2)nn(C[C@H]2CCCCN2C)c1=O. The van der Waals surface area contributed by atoms with E-state index in [0.717, 1.165) is 51.4 Å². The van der Waals surface area contributed by atoms with Crippen LogP contribution in [0.1, 0.15) is 50.8 Å². The summed E-state index contributed by atoms with van der Waals surface area (Å²) in [6.45, 7) is 6.69. The first-order valence-electron chi connectivity index (χ1n) is 8.79. The predicted octanol–water partition coefficient (Wildman–Crippen LogP) is 1.02. The molecule has 0 spiro atoms. The van der Waals surface area contributed by atoms with Crippen molar-refractivity contribution in [3.05, 3.63) is 16.3 Å². The van der Waals surface area contributed by atoms with Gasteiger partial charge < -0.3 is 10.2 Å². The molecule has 0 aliphatic carbocycles. The third kappa shape index (κ3) is 3.13. The maximum atomic E-state index is 12.7. The summed E-state index contributed by atoms with van der Waals surface area (Å²) in [4.78, 5) is 15.1. The standard InChI is InChI=1S/C16H29N5O/c1-3-20-15(13-7-9-17-10-8-13)18-21(16(20)22)12-14-6-4-5-11-19(14)2/h13-14,17H,3-12H2,1-2H3/t14-/m1/s1. The Morgan fingerprint density at radius 2 is 2.00 bits per heavy atom. The van der Waals surface area contributed by atoms with Gasteiger partial charge in [0.15, 0.2) is 0 Å². The van der Waals surface area contributed by atoms with Crippen LogP contribution in [0.5, 0.6) is 0 Å². The molecule has 2 aliphatic heterocycles. The lowest BCUT2D eigenvalue weighted by atomic mass is 9.97. The molecule has 2 fully saturated rings. The van der Waals surface area contributed by atoms with Crippen LogP contribution in [-0.2, 0) is 13.1 Å². The van der Waals surface area contributed by atoms with Crippen molar-refractivity contribution in [3.8, 4) is 0 Å². The highest BCUT2D eigenvalue weighted by atomic mass is 16.2. The van der Waals surface area contributed by atoms with Crippen LogP contribution in [0.15, 0.2) is 4.79 Å². The van der Waals surface area contributed by atoms with Crippen LogP contribution in [0.4, 0.5) is 0 Å². The van der Waals surface area contributed by atoms with Crippen molar-refractivity contribution in [1.82, 2.24) is 24.6 Å². The fourth-order valence-electron chi connectivity index (χ4n) is 3.83. The number of piperidine rings is 2. The van der Waals surface area contributed by atoms with Crippen molar-refractivity contribution >= 4 is 0 Å². The molecule has 0 saturated carbocycles. The Balaban J connectivity index is 1.82. The zero-order chi connectivity index (χ0) is 15.5. The number of likely N-dealkylation sites (tertiary alicyclic amines) is 1. The zero-order valence-electron chi connectivity index (χ0n) is 13.9. The quantitative estimate of drug-likeness (QED) is 0.902. The summed E-state index contributed by atoms with van der Waals surface area (Å²) in [5.41, 5.74) is 0.0787. The van der Waals surface area contributed by atoms with E-state index in [-0.39, 0.29) is 5.69 Å². The lowest BCUT2D eigenvalue weighted by molar-refractivity contribution is 0.161. The highest BCUT2D eigenvalue weighted by Crippen LogP contribution is 2.23. The van der Waals surface area contributed by atoms with Crippen molar-refractivity contribution in [3.63, 3.8) is 0 Å². The van der Waals surface area contributed by atoms with Gasteiger partial charge in [0.1, 0.15) is 5.82 Å². The molecule has 1 aromatic heterocycles. The molecule has 3 heterocycles. The second-order valence-corrected chi connectivity index (χ2v) is 6.72. The van der Waals surface area contributed by atoms with E-state index >= 15 is 0 Å². The average Bonchev–Trinajstić information content (AvgIpc) is 2.86. The van der Waals surface area contributed by atoms with E-state index in [1.807, 2.05) is 11.5 Å². The summed E-state index contributed by atoms with van der Waals surface area (Å²) in [5.74, 6) is 1.44. The van der Waals surface area contributed by atoms with Crippen molar-refractivity contribution < 1.29 is 0 Å². The van der Waals surface area contributed by atoms with Gasteiger partial charge in [0.2, 0.25) is 0 Å². The van der Waals surface area contributed by atoms with Crippen molar-refractivity contribution in [1.29, 1.82) is 0 Å². The summed E-state index contributed by atoms with van der Waals surface area (Å²) in [5, 5.41) is 8.13. The molecule has 22 heavy (non-hydrogen) atoms. The third-order valence-electron chi connectivity index (χ3n) is 5.28. The molecule has 1 N–H and O–H groups in total. The lowest BCUT2D eigenvalue weighted by Gasteiger charge is -2.31. The van der Waals surface area contributed by atoms with E-state index in [9.17, 15) is 4.79 Å². The molecule has 6 nitrogen and oxygen atoms in total. The zero-order valence-corrected chi connectivity index (χ0v) is 13.9. The van der Waals surface area contributed by atoms with Crippen LogP contribution in [0.25, 0.3) is 0 Å². The topological polar surface area (TPSA) is 55.1 Å². The second kappa shape index (κ2) is 6.96. The number of aromatic nitrogens is 3. The van der Waals surface area contributed by atoms with Crippen LogP contribution in [-0.4, -0.2) is 52.0 Å². The van der Waals surface area contributed by atoms with Crippen LogP contribution in [0.3, 0.4) is 0 Å². The summed E-state index contributed by atoms with van der Waals surface area (Å²) >= 11 is 0. The van der Waals surface area contributed by atoms with E-state index < -0.39 is 0 Å². The van der Waals surface area contributed by atoms with Gasteiger partial charge in [-0.3, -0.25) is 4.57 Å². The number of nitrogens with zero attached hydrogens (tertiary/aromatic N) is 4. The molecule has 0 bridgehead atoms. The minimum absolute atomic E-state index is 0.0787. The summed E-state index contributed by atoms with van der Waals surface area (Å²) in [7, 11) is 2.17. The Bertz CT molecular complexity index is 543. The number of rotatable bonds is 4. The molecular weight excluding hydrogens is 278 g/mol. The van der Waals surface area contributed by atoms with Gasteiger partial charge >= 0.3 is 5.69 Å². The van der Waals surface area contributed by atoms with Crippen LogP contribution in [0, 0.1) is 0 Å². The van der Waals surface area contributed by atoms with Gasteiger partial charge in [-0.1, -0.05) is 6.42 Å². The fraction of sp³-hybridized carbons (Fsp3) is 0.875. The minimum Gasteiger partial charge on any atom is -0.317 e. The first-order valence-corrected chi connectivity index (χ1v) is 8.79. The summed E-state index contributed by atoms with van der Waals surface area (Å²) in [6, 6.07) is 0.451. The normalized spacial score (nSPS) is 24.7. The monoisotopic (exact) mass is 307 g/mol. The van der Waals surface area contributed by atoms with Gasteiger partial charge in [-0.25, -0.2) is 9.48 Å². The number of likely N-dealkylation sites (N-methyl/N-ethyl adjacent to an activating group) is 1. The lowest BCUT2D eigenvalue weighted by Crippen LogP contribution is -2.41. The molecule has 0 unspecified atom stereocenters. The molecule has 1 atom stereocenters. The van der Waals surface area contributed by atoms with E-state index in [1.54, 1.807) is 4.68 Å². The predicted molar refractivity (Wildman–Crippen MR) is 87.3 cm³/mol. The van der Waals surface area contributed by atoms with Crippen LogP contribution >= 0.6 is 0 Å². The first kappa shape index (κ1) is 15.7. The maximum absolute atomic E-state index is 12.7. The molecule has 0 aromatic carbocycles. The first-order chi connectivity index (χ1) is 10.7. The molecule has 3 rings (SSSR count). The van der Waals surface area contributed by atoms with Gasteiger partial charge in [-0.15, -0.1) is 0 Å². The second-order valence-electron chi connectivity index (χ2n) is 6.72. The fourth-order valence-corrected chi connectivity index (χ4v) is 3.83. The molecule has 124 valence electrons. The average molecular weight is 307 g/mol. The van der Waals surface area contributed by atoms with Gasteiger partial charge in [-0.2, -0.15) is 5.10 Å². The van der Waals surface area contributed by atoms with Crippen LogP contribution < -0.4 is 11.0 Å². The highest BCUT2D eigenvalue weighted by molar-refractivity contribution is 5.00.